The molecule has 1 aliphatic heterocycles. The van der Waals surface area contributed by atoms with Gasteiger partial charge in [-0.1, -0.05) is 27.7 Å². The molecule has 0 aromatic carbocycles. The molecule has 0 aromatic rings. The molecule has 0 bridgehead atoms. The summed E-state index contributed by atoms with van der Waals surface area (Å²) in [4.78, 5) is 13.3. The molecule has 1 rings (SSSR count). The van der Waals surface area contributed by atoms with Crippen LogP contribution in [0.3, 0.4) is 0 Å². The maximum Gasteiger partial charge on any atom is 0.320 e. The van der Waals surface area contributed by atoms with Crippen molar-refractivity contribution in [3.05, 3.63) is 0 Å². The van der Waals surface area contributed by atoms with Crippen molar-refractivity contribution in [2.45, 2.75) is 53.0 Å². The molecule has 2 atom stereocenters. The van der Waals surface area contributed by atoms with Gasteiger partial charge in [-0.05, 0) is 43.7 Å². The quantitative estimate of drug-likeness (QED) is 0.805. The van der Waals surface area contributed by atoms with Crippen molar-refractivity contribution in [2.75, 3.05) is 13.1 Å². The number of nitrogens with zero attached hydrogens (tertiary/aromatic N) is 1. The van der Waals surface area contributed by atoms with Crippen molar-refractivity contribution < 1.29 is 9.90 Å². The fourth-order valence-electron chi connectivity index (χ4n) is 2.19. The number of hydrogen-bond donors (Lipinski definition) is 1. The van der Waals surface area contributed by atoms with E-state index in [4.69, 9.17) is 0 Å². The maximum absolute atomic E-state index is 11.2. The summed E-state index contributed by atoms with van der Waals surface area (Å²) >= 11 is 0. The maximum atomic E-state index is 11.2. The van der Waals surface area contributed by atoms with Crippen LogP contribution in [0.25, 0.3) is 0 Å². The predicted octanol–water partition coefficient (Wildman–Crippen LogP) is 2.61. The van der Waals surface area contributed by atoms with Crippen LogP contribution in [0.1, 0.15) is 47.0 Å². The van der Waals surface area contributed by atoms with Crippen LogP contribution in [0.5, 0.6) is 0 Å². The Balaban J connectivity index is 2.53. The van der Waals surface area contributed by atoms with Crippen molar-refractivity contribution in [2.24, 2.45) is 11.3 Å². The molecule has 0 amide bonds. The standard InChI is InChI=1S/C13H25NO2/c1-10-5-7-14(8-6-13(2,3)4)11(9-10)12(15)16/h10-11H,5-9H2,1-4H3,(H,15,16). The van der Waals surface area contributed by atoms with E-state index in [-0.39, 0.29) is 11.5 Å². The fourth-order valence-corrected chi connectivity index (χ4v) is 2.19. The van der Waals surface area contributed by atoms with Crippen LogP contribution in [0.4, 0.5) is 0 Å². The lowest BCUT2D eigenvalue weighted by atomic mass is 9.89. The lowest BCUT2D eigenvalue weighted by molar-refractivity contribution is -0.145. The van der Waals surface area contributed by atoms with E-state index in [1.807, 2.05) is 0 Å². The Morgan fingerprint density at radius 2 is 2.06 bits per heavy atom. The largest absolute Gasteiger partial charge is 0.480 e. The monoisotopic (exact) mass is 227 g/mol. The highest BCUT2D eigenvalue weighted by Crippen LogP contribution is 2.25. The smallest absolute Gasteiger partial charge is 0.320 e. The SMILES string of the molecule is CC1CCN(CCC(C)(C)C)C(C(=O)O)C1. The fraction of sp³-hybridized carbons (Fsp3) is 0.923. The minimum Gasteiger partial charge on any atom is -0.480 e. The van der Waals surface area contributed by atoms with Crippen LogP contribution in [-0.2, 0) is 4.79 Å². The Bertz CT molecular complexity index is 245. The number of hydrogen-bond acceptors (Lipinski definition) is 2. The summed E-state index contributed by atoms with van der Waals surface area (Å²) in [6.07, 6.45) is 3.00. The number of carbonyl (C=O) groups is 1. The first-order valence-electron chi connectivity index (χ1n) is 6.26. The van der Waals surface area contributed by atoms with Crippen molar-refractivity contribution in [3.63, 3.8) is 0 Å². The second kappa shape index (κ2) is 5.17. The van der Waals surface area contributed by atoms with E-state index in [1.54, 1.807) is 0 Å². The Kier molecular flexibility index (Phi) is 4.36. The summed E-state index contributed by atoms with van der Waals surface area (Å²) in [5.41, 5.74) is 0.284. The van der Waals surface area contributed by atoms with Crippen molar-refractivity contribution in [1.82, 2.24) is 4.90 Å². The predicted molar refractivity (Wildman–Crippen MR) is 65.5 cm³/mol. The number of aliphatic carboxylic acids is 1. The molecule has 0 aromatic heterocycles. The van der Waals surface area contributed by atoms with Crippen molar-refractivity contribution >= 4 is 5.97 Å². The molecule has 0 saturated carbocycles. The lowest BCUT2D eigenvalue weighted by Gasteiger charge is -2.37. The summed E-state index contributed by atoms with van der Waals surface area (Å²) in [7, 11) is 0. The molecule has 1 heterocycles. The number of rotatable bonds is 3. The van der Waals surface area contributed by atoms with Crippen LogP contribution in [0, 0.1) is 11.3 Å². The molecule has 3 nitrogen and oxygen atoms in total. The zero-order chi connectivity index (χ0) is 12.3. The average Bonchev–Trinajstić information content (AvgIpc) is 2.14. The van der Waals surface area contributed by atoms with E-state index >= 15 is 0 Å². The molecule has 1 aliphatic rings. The Labute approximate surface area is 98.8 Å². The summed E-state index contributed by atoms with van der Waals surface area (Å²) in [6, 6.07) is -0.258. The molecule has 1 saturated heterocycles. The minimum absolute atomic E-state index is 0.258. The molecule has 0 radical (unpaired) electrons. The summed E-state index contributed by atoms with van der Waals surface area (Å²) in [5.74, 6) is -0.104. The second-order valence-corrected chi connectivity index (χ2v) is 6.33. The Hall–Kier alpha value is -0.570. The van der Waals surface area contributed by atoms with Crippen LogP contribution in [0.15, 0.2) is 0 Å². The number of carboxylic acid groups (broad SMARTS) is 1. The summed E-state index contributed by atoms with van der Waals surface area (Å²) in [5, 5.41) is 9.21. The van der Waals surface area contributed by atoms with Gasteiger partial charge in [-0.3, -0.25) is 9.69 Å². The molecule has 3 heteroatoms. The number of carboxylic acids is 1. The zero-order valence-corrected chi connectivity index (χ0v) is 11.0. The molecule has 1 N–H and O–H groups in total. The summed E-state index contributed by atoms with van der Waals surface area (Å²) in [6.45, 7) is 10.6. The van der Waals surface area contributed by atoms with E-state index in [2.05, 4.69) is 32.6 Å². The first-order chi connectivity index (χ1) is 7.29. The summed E-state index contributed by atoms with van der Waals surface area (Å²) < 4.78 is 0. The molecule has 0 spiro atoms. The molecule has 94 valence electrons. The molecule has 0 aliphatic carbocycles. The molecule has 1 fully saturated rings. The number of likely N-dealkylation sites (tertiary alicyclic amines) is 1. The van der Waals surface area contributed by atoms with E-state index in [1.165, 1.54) is 0 Å². The first-order valence-corrected chi connectivity index (χ1v) is 6.26. The van der Waals surface area contributed by atoms with E-state index in [9.17, 15) is 9.90 Å². The molecule has 2 unspecified atom stereocenters. The van der Waals surface area contributed by atoms with Crippen LogP contribution in [0.2, 0.25) is 0 Å². The van der Waals surface area contributed by atoms with Crippen LogP contribution in [-0.4, -0.2) is 35.1 Å². The first kappa shape index (κ1) is 13.5. The minimum atomic E-state index is -0.652. The molecule has 16 heavy (non-hydrogen) atoms. The third-order valence-electron chi connectivity index (χ3n) is 3.41. The van der Waals surface area contributed by atoms with Gasteiger partial charge in [0.25, 0.3) is 0 Å². The number of piperidine rings is 1. The van der Waals surface area contributed by atoms with Gasteiger partial charge in [-0.25, -0.2) is 0 Å². The lowest BCUT2D eigenvalue weighted by Crippen LogP contribution is -2.47. The van der Waals surface area contributed by atoms with Gasteiger partial charge in [-0.2, -0.15) is 0 Å². The van der Waals surface area contributed by atoms with E-state index in [0.717, 1.165) is 32.4 Å². The van der Waals surface area contributed by atoms with Crippen LogP contribution >= 0.6 is 0 Å². The molecular formula is C13H25NO2. The zero-order valence-electron chi connectivity index (χ0n) is 11.0. The highest BCUT2D eigenvalue weighted by molar-refractivity contribution is 5.73. The van der Waals surface area contributed by atoms with E-state index in [0.29, 0.717) is 5.92 Å². The highest BCUT2D eigenvalue weighted by Gasteiger charge is 2.31. The molecular weight excluding hydrogens is 202 g/mol. The van der Waals surface area contributed by atoms with Crippen LogP contribution < -0.4 is 0 Å². The van der Waals surface area contributed by atoms with Crippen molar-refractivity contribution in [3.8, 4) is 0 Å². The van der Waals surface area contributed by atoms with Gasteiger partial charge >= 0.3 is 5.97 Å². The highest BCUT2D eigenvalue weighted by atomic mass is 16.4. The Morgan fingerprint density at radius 1 is 1.44 bits per heavy atom. The van der Waals surface area contributed by atoms with Gasteiger partial charge in [-0.15, -0.1) is 0 Å². The van der Waals surface area contributed by atoms with Gasteiger partial charge in [0.15, 0.2) is 0 Å². The second-order valence-electron chi connectivity index (χ2n) is 6.33. The Morgan fingerprint density at radius 3 is 2.56 bits per heavy atom. The average molecular weight is 227 g/mol. The van der Waals surface area contributed by atoms with Gasteiger partial charge in [0.1, 0.15) is 6.04 Å². The normalized spacial score (nSPS) is 28.0. The topological polar surface area (TPSA) is 40.5 Å². The van der Waals surface area contributed by atoms with Gasteiger partial charge < -0.3 is 5.11 Å². The van der Waals surface area contributed by atoms with Gasteiger partial charge in [0.2, 0.25) is 0 Å². The third kappa shape index (κ3) is 4.12. The van der Waals surface area contributed by atoms with E-state index < -0.39 is 5.97 Å². The van der Waals surface area contributed by atoms with Gasteiger partial charge in [0.05, 0.1) is 0 Å². The van der Waals surface area contributed by atoms with Gasteiger partial charge in [0, 0.05) is 0 Å². The third-order valence-corrected chi connectivity index (χ3v) is 3.41. The van der Waals surface area contributed by atoms with Crippen molar-refractivity contribution in [1.29, 1.82) is 0 Å².